The van der Waals surface area contributed by atoms with Crippen LogP contribution >= 0.6 is 23.2 Å². The first kappa shape index (κ1) is 26.5. The Morgan fingerprint density at radius 2 is 1.79 bits per heavy atom. The summed E-state index contributed by atoms with van der Waals surface area (Å²) in [6.07, 6.45) is 4.84. The lowest BCUT2D eigenvalue weighted by Gasteiger charge is -2.30. The zero-order chi connectivity index (χ0) is 26.8. The molecule has 1 N–H and O–H groups in total. The van der Waals surface area contributed by atoms with Gasteiger partial charge in [0.15, 0.2) is 0 Å². The van der Waals surface area contributed by atoms with Crippen LogP contribution in [-0.4, -0.2) is 41.2 Å². The van der Waals surface area contributed by atoms with Crippen molar-refractivity contribution in [3.8, 4) is 0 Å². The maximum atomic E-state index is 13.5. The summed E-state index contributed by atoms with van der Waals surface area (Å²) >= 11 is 12.3. The van der Waals surface area contributed by atoms with Crippen LogP contribution in [0.3, 0.4) is 0 Å². The van der Waals surface area contributed by atoms with E-state index in [9.17, 15) is 14.4 Å². The normalized spacial score (nSPS) is 15.8. The van der Waals surface area contributed by atoms with Gasteiger partial charge in [0.2, 0.25) is 11.8 Å². The van der Waals surface area contributed by atoms with Gasteiger partial charge in [-0.15, -0.1) is 0 Å². The first-order valence-electron chi connectivity index (χ1n) is 13.2. The van der Waals surface area contributed by atoms with Gasteiger partial charge in [0, 0.05) is 36.5 Å². The van der Waals surface area contributed by atoms with Gasteiger partial charge in [-0.05, 0) is 61.4 Å². The largest absolute Gasteiger partial charge is 0.352 e. The van der Waals surface area contributed by atoms with E-state index in [1.807, 2.05) is 42.5 Å². The van der Waals surface area contributed by atoms with Crippen molar-refractivity contribution in [1.82, 2.24) is 10.2 Å². The molecule has 0 spiro atoms. The van der Waals surface area contributed by atoms with Gasteiger partial charge in [0.05, 0.1) is 15.7 Å². The maximum absolute atomic E-state index is 13.5. The van der Waals surface area contributed by atoms with Crippen molar-refractivity contribution < 1.29 is 14.4 Å². The highest BCUT2D eigenvalue weighted by molar-refractivity contribution is 6.42. The van der Waals surface area contributed by atoms with E-state index in [1.54, 1.807) is 28.9 Å². The smallest absolute Gasteiger partial charge is 0.258 e. The van der Waals surface area contributed by atoms with Gasteiger partial charge in [-0.3, -0.25) is 14.4 Å². The van der Waals surface area contributed by atoms with Crippen molar-refractivity contribution >= 4 is 57.4 Å². The van der Waals surface area contributed by atoms with Gasteiger partial charge in [-0.1, -0.05) is 66.4 Å². The summed E-state index contributed by atoms with van der Waals surface area (Å²) < 4.78 is 0. The second-order valence-electron chi connectivity index (χ2n) is 10.2. The molecule has 0 saturated heterocycles. The zero-order valence-corrected chi connectivity index (χ0v) is 22.9. The molecule has 38 heavy (non-hydrogen) atoms. The standard InChI is InChI=1S/C30H31Cl2N3O3/c1-19(29(37)33-22-9-2-3-10-22)35(18-20-14-15-24(31)25(32)17-20)27(36)13-6-16-34-26-12-5-8-21-7-4-11-23(28(21)26)30(34)38/h4-5,7-8,11-12,14-15,17,19,22H,2-3,6,9-10,13,16,18H2,1H3,(H,33,37). The lowest BCUT2D eigenvalue weighted by Crippen LogP contribution is -2.49. The minimum atomic E-state index is -0.649. The summed E-state index contributed by atoms with van der Waals surface area (Å²) in [7, 11) is 0. The average Bonchev–Trinajstić information content (AvgIpc) is 3.52. The summed E-state index contributed by atoms with van der Waals surface area (Å²) in [5.41, 5.74) is 2.38. The van der Waals surface area contributed by atoms with Crippen molar-refractivity contribution in [3.05, 3.63) is 75.8 Å². The number of carbonyl (C=O) groups excluding carboxylic acids is 3. The molecule has 0 radical (unpaired) electrons. The van der Waals surface area contributed by atoms with Gasteiger partial charge < -0.3 is 15.1 Å². The molecule has 3 aromatic carbocycles. The van der Waals surface area contributed by atoms with Crippen LogP contribution < -0.4 is 10.2 Å². The van der Waals surface area contributed by atoms with Crippen molar-refractivity contribution in [2.75, 3.05) is 11.4 Å². The molecular weight excluding hydrogens is 521 g/mol. The molecule has 1 atom stereocenters. The van der Waals surface area contributed by atoms with E-state index in [-0.39, 0.29) is 36.7 Å². The maximum Gasteiger partial charge on any atom is 0.258 e. The van der Waals surface area contributed by atoms with E-state index < -0.39 is 6.04 Å². The van der Waals surface area contributed by atoms with Crippen LogP contribution in [0, 0.1) is 0 Å². The first-order chi connectivity index (χ1) is 18.3. The van der Waals surface area contributed by atoms with Crippen molar-refractivity contribution in [3.63, 3.8) is 0 Å². The van der Waals surface area contributed by atoms with E-state index in [1.165, 1.54) is 0 Å². The van der Waals surface area contributed by atoms with Crippen LogP contribution in [0.15, 0.2) is 54.6 Å². The molecule has 1 aliphatic carbocycles. The molecule has 2 aliphatic rings. The fraction of sp³-hybridized carbons (Fsp3) is 0.367. The van der Waals surface area contributed by atoms with Crippen LogP contribution in [0.4, 0.5) is 5.69 Å². The van der Waals surface area contributed by atoms with Gasteiger partial charge in [-0.25, -0.2) is 0 Å². The number of nitrogens with zero attached hydrogens (tertiary/aromatic N) is 2. The second kappa shape index (κ2) is 11.3. The summed E-state index contributed by atoms with van der Waals surface area (Å²) in [5.74, 6) is -0.337. The first-order valence-corrected chi connectivity index (χ1v) is 14.0. The summed E-state index contributed by atoms with van der Waals surface area (Å²) in [6.45, 7) is 2.42. The minimum Gasteiger partial charge on any atom is -0.352 e. The molecule has 5 rings (SSSR count). The Hall–Kier alpha value is -3.09. The average molecular weight is 553 g/mol. The third-order valence-electron chi connectivity index (χ3n) is 7.63. The molecule has 1 aliphatic heterocycles. The zero-order valence-electron chi connectivity index (χ0n) is 21.4. The Bertz CT molecular complexity index is 1380. The number of benzene rings is 3. The van der Waals surface area contributed by atoms with Crippen LogP contribution in [-0.2, 0) is 16.1 Å². The highest BCUT2D eigenvalue weighted by Crippen LogP contribution is 2.37. The Labute approximate surface area is 232 Å². The number of anilines is 1. The molecule has 1 saturated carbocycles. The van der Waals surface area contributed by atoms with Gasteiger partial charge in [0.1, 0.15) is 6.04 Å². The number of amides is 3. The van der Waals surface area contributed by atoms with Crippen molar-refractivity contribution in [1.29, 1.82) is 0 Å². The van der Waals surface area contributed by atoms with E-state index in [4.69, 9.17) is 23.2 Å². The lowest BCUT2D eigenvalue weighted by atomic mass is 10.1. The third-order valence-corrected chi connectivity index (χ3v) is 8.37. The van der Waals surface area contributed by atoms with Crippen molar-refractivity contribution in [2.24, 2.45) is 0 Å². The molecule has 0 aromatic heterocycles. The molecule has 3 amide bonds. The summed E-state index contributed by atoms with van der Waals surface area (Å²) in [5, 5.41) is 5.95. The molecule has 6 nitrogen and oxygen atoms in total. The number of nitrogens with one attached hydrogen (secondary N) is 1. The molecule has 1 fully saturated rings. The van der Waals surface area contributed by atoms with Crippen LogP contribution in [0.1, 0.15) is 61.4 Å². The van der Waals surface area contributed by atoms with E-state index in [0.717, 1.165) is 47.7 Å². The molecule has 8 heteroatoms. The van der Waals surface area contributed by atoms with E-state index in [2.05, 4.69) is 5.32 Å². The quantitative estimate of drug-likeness (QED) is 0.336. The highest BCUT2D eigenvalue weighted by atomic mass is 35.5. The predicted molar refractivity (Wildman–Crippen MR) is 152 cm³/mol. The van der Waals surface area contributed by atoms with Gasteiger partial charge in [-0.2, -0.15) is 0 Å². The van der Waals surface area contributed by atoms with Gasteiger partial charge >= 0.3 is 0 Å². The monoisotopic (exact) mass is 551 g/mol. The topological polar surface area (TPSA) is 69.7 Å². The Morgan fingerprint density at radius 1 is 1.05 bits per heavy atom. The Kier molecular flexibility index (Phi) is 7.91. The number of rotatable bonds is 9. The molecule has 3 aromatic rings. The minimum absolute atomic E-state index is 0.0405. The van der Waals surface area contributed by atoms with Crippen LogP contribution in [0.2, 0.25) is 10.0 Å². The molecule has 1 unspecified atom stereocenters. The predicted octanol–water partition coefficient (Wildman–Crippen LogP) is 6.36. The van der Waals surface area contributed by atoms with Crippen molar-refractivity contribution in [2.45, 2.75) is 64.1 Å². The molecule has 0 bridgehead atoms. The third kappa shape index (κ3) is 5.38. The highest BCUT2D eigenvalue weighted by Gasteiger charge is 2.31. The Morgan fingerprint density at radius 3 is 2.53 bits per heavy atom. The number of hydrogen-bond acceptors (Lipinski definition) is 3. The number of hydrogen-bond donors (Lipinski definition) is 1. The van der Waals surface area contributed by atoms with Gasteiger partial charge in [0.25, 0.3) is 5.91 Å². The fourth-order valence-corrected chi connectivity index (χ4v) is 5.86. The van der Waals surface area contributed by atoms with E-state index in [0.29, 0.717) is 28.6 Å². The number of carbonyl (C=O) groups is 3. The molecular formula is C30H31Cl2N3O3. The van der Waals surface area contributed by atoms with Crippen LogP contribution in [0.25, 0.3) is 10.8 Å². The summed E-state index contributed by atoms with van der Waals surface area (Å²) in [4.78, 5) is 43.1. The fourth-order valence-electron chi connectivity index (χ4n) is 5.54. The molecule has 198 valence electrons. The Balaban J connectivity index is 1.28. The lowest BCUT2D eigenvalue weighted by molar-refractivity contribution is -0.141. The number of halogens is 2. The summed E-state index contributed by atoms with van der Waals surface area (Å²) in [6, 6.07) is 16.4. The second-order valence-corrected chi connectivity index (χ2v) is 11.0. The molecule has 1 heterocycles. The van der Waals surface area contributed by atoms with Crippen LogP contribution in [0.5, 0.6) is 0 Å². The van der Waals surface area contributed by atoms with E-state index >= 15 is 0 Å². The SMILES string of the molecule is CC(C(=O)NC1CCCC1)N(Cc1ccc(Cl)c(Cl)c1)C(=O)CCCN1C(=O)c2cccc3cccc1c23.